The Balaban J connectivity index is 1.12. The van der Waals surface area contributed by atoms with Gasteiger partial charge in [-0.05, 0) is 55.8 Å². The lowest BCUT2D eigenvalue weighted by molar-refractivity contribution is 0.252. The van der Waals surface area contributed by atoms with Gasteiger partial charge in [0.1, 0.15) is 11.6 Å². The van der Waals surface area contributed by atoms with E-state index in [9.17, 15) is 4.79 Å². The highest BCUT2D eigenvalue weighted by atomic mass is 35.5. The van der Waals surface area contributed by atoms with Gasteiger partial charge in [-0.15, -0.1) is 0 Å². The molecular formula is C26H28ClN5O. The van der Waals surface area contributed by atoms with Gasteiger partial charge in [0.2, 0.25) is 0 Å². The molecule has 3 heterocycles. The monoisotopic (exact) mass is 461 g/mol. The molecule has 33 heavy (non-hydrogen) atoms. The van der Waals surface area contributed by atoms with Gasteiger partial charge in [-0.25, -0.2) is 9.97 Å². The first kappa shape index (κ1) is 21.9. The fourth-order valence-corrected chi connectivity index (χ4v) is 4.74. The molecule has 0 amide bonds. The first-order chi connectivity index (χ1) is 16.1. The zero-order valence-corrected chi connectivity index (χ0v) is 19.6. The van der Waals surface area contributed by atoms with Crippen LogP contribution < -0.4 is 10.5 Å². The maximum atomic E-state index is 12.6. The van der Waals surface area contributed by atoms with Crippen molar-refractivity contribution < 1.29 is 0 Å². The van der Waals surface area contributed by atoms with Crippen LogP contribution in [0.15, 0.2) is 59.4 Å². The summed E-state index contributed by atoms with van der Waals surface area (Å²) in [5, 5.41) is 2.32. The Morgan fingerprint density at radius 1 is 0.909 bits per heavy atom. The van der Waals surface area contributed by atoms with Crippen molar-refractivity contribution >= 4 is 39.2 Å². The maximum absolute atomic E-state index is 12.6. The molecule has 1 aliphatic rings. The van der Waals surface area contributed by atoms with Gasteiger partial charge in [0.15, 0.2) is 0 Å². The summed E-state index contributed by atoms with van der Waals surface area (Å²) in [5.41, 5.74) is 1.74. The first-order valence-electron chi connectivity index (χ1n) is 11.6. The molecule has 0 spiro atoms. The first-order valence-corrected chi connectivity index (χ1v) is 11.9. The summed E-state index contributed by atoms with van der Waals surface area (Å²) in [4.78, 5) is 27.1. The average Bonchev–Trinajstić information content (AvgIpc) is 2.85. The molecule has 1 aliphatic heterocycles. The maximum Gasteiger partial charge on any atom is 0.261 e. The number of hydrogen-bond acceptors (Lipinski definition) is 5. The van der Waals surface area contributed by atoms with Gasteiger partial charge in [-0.3, -0.25) is 14.3 Å². The molecule has 0 saturated carbocycles. The van der Waals surface area contributed by atoms with Crippen molar-refractivity contribution in [3.8, 4) is 0 Å². The van der Waals surface area contributed by atoms with Gasteiger partial charge >= 0.3 is 0 Å². The average molecular weight is 462 g/mol. The van der Waals surface area contributed by atoms with E-state index in [4.69, 9.17) is 21.6 Å². The van der Waals surface area contributed by atoms with Crippen LogP contribution in [0, 0.1) is 0 Å². The smallest absolute Gasteiger partial charge is 0.261 e. The normalized spacial score (nSPS) is 14.9. The van der Waals surface area contributed by atoms with E-state index in [2.05, 4.69) is 34.1 Å². The van der Waals surface area contributed by atoms with E-state index >= 15 is 0 Å². The number of aryl methyl sites for hydroxylation is 1. The Bertz CT molecular complexity index is 1340. The number of unbranched alkanes of at least 4 members (excludes halogenated alkanes) is 1. The molecule has 0 atom stereocenters. The Morgan fingerprint density at radius 2 is 1.73 bits per heavy atom. The molecule has 0 aliphatic carbocycles. The Hall–Kier alpha value is -2.96. The van der Waals surface area contributed by atoms with Gasteiger partial charge in [-0.2, -0.15) is 0 Å². The van der Waals surface area contributed by atoms with Gasteiger partial charge in [0.25, 0.3) is 5.56 Å². The number of piperazine rings is 1. The molecule has 0 bridgehead atoms. The summed E-state index contributed by atoms with van der Waals surface area (Å²) in [6.45, 7) is 5.14. The standard InChI is InChI=1S/C26H28ClN5O/c1-30-24(29-23-11-10-20(27)18-21(23)26(30)33)8-4-5-13-31-14-16-32(17-15-31)25-12-9-19-6-2-3-7-22(19)28-25/h2-3,6-7,9-12,18H,4-5,8,13-17H2,1H3. The SMILES string of the molecule is Cn1c(CCCCN2CCN(c3ccc4ccccc4n3)CC2)nc2ccc(Cl)cc2c1=O. The number of halogens is 1. The van der Waals surface area contributed by atoms with Crippen molar-refractivity contribution in [2.45, 2.75) is 19.3 Å². The van der Waals surface area contributed by atoms with E-state index in [1.54, 1.807) is 23.7 Å². The van der Waals surface area contributed by atoms with E-state index in [-0.39, 0.29) is 5.56 Å². The zero-order chi connectivity index (χ0) is 22.8. The largest absolute Gasteiger partial charge is 0.354 e. The second-order valence-corrected chi connectivity index (χ2v) is 9.14. The van der Waals surface area contributed by atoms with E-state index in [0.29, 0.717) is 10.4 Å². The minimum absolute atomic E-state index is 0.0316. The van der Waals surface area contributed by atoms with Crippen LogP contribution in [0.2, 0.25) is 5.02 Å². The number of nitrogens with zero attached hydrogens (tertiary/aromatic N) is 5. The molecule has 0 unspecified atom stereocenters. The number of para-hydroxylation sites is 1. The minimum Gasteiger partial charge on any atom is -0.354 e. The Kier molecular flexibility index (Phi) is 6.29. The Morgan fingerprint density at radius 3 is 2.58 bits per heavy atom. The molecule has 170 valence electrons. The van der Waals surface area contributed by atoms with Crippen LogP contribution in [0.25, 0.3) is 21.8 Å². The molecule has 4 aromatic rings. The van der Waals surface area contributed by atoms with E-state index < -0.39 is 0 Å². The van der Waals surface area contributed by atoms with E-state index in [1.165, 1.54) is 5.39 Å². The third kappa shape index (κ3) is 4.72. The van der Waals surface area contributed by atoms with Crippen LogP contribution in [-0.2, 0) is 13.5 Å². The second-order valence-electron chi connectivity index (χ2n) is 8.70. The highest BCUT2D eigenvalue weighted by Gasteiger charge is 2.18. The van der Waals surface area contributed by atoms with Crippen LogP contribution in [0.3, 0.4) is 0 Å². The lowest BCUT2D eigenvalue weighted by Gasteiger charge is -2.35. The highest BCUT2D eigenvalue weighted by molar-refractivity contribution is 6.31. The molecule has 2 aromatic carbocycles. The van der Waals surface area contributed by atoms with Crippen LogP contribution in [0.1, 0.15) is 18.7 Å². The molecule has 0 N–H and O–H groups in total. The number of rotatable bonds is 6. The fraction of sp³-hybridized carbons (Fsp3) is 0.346. The molecule has 1 saturated heterocycles. The Labute approximate surface area is 198 Å². The van der Waals surface area contributed by atoms with Crippen LogP contribution in [-0.4, -0.2) is 52.2 Å². The number of anilines is 1. The van der Waals surface area contributed by atoms with Crippen molar-refractivity contribution in [2.75, 3.05) is 37.6 Å². The van der Waals surface area contributed by atoms with Crippen LogP contribution in [0.4, 0.5) is 5.82 Å². The summed E-state index contributed by atoms with van der Waals surface area (Å²) in [5.74, 6) is 1.90. The lowest BCUT2D eigenvalue weighted by atomic mass is 10.2. The predicted molar refractivity (Wildman–Crippen MR) is 135 cm³/mol. The molecule has 0 radical (unpaired) electrons. The van der Waals surface area contributed by atoms with Crippen molar-refractivity contribution in [1.29, 1.82) is 0 Å². The number of pyridine rings is 1. The van der Waals surface area contributed by atoms with Gasteiger partial charge < -0.3 is 4.90 Å². The summed E-state index contributed by atoms with van der Waals surface area (Å²) >= 11 is 6.04. The van der Waals surface area contributed by atoms with Crippen molar-refractivity contribution in [3.05, 3.63) is 75.8 Å². The zero-order valence-electron chi connectivity index (χ0n) is 18.9. The fourth-order valence-electron chi connectivity index (χ4n) is 4.56. The topological polar surface area (TPSA) is 54.3 Å². The van der Waals surface area contributed by atoms with Crippen molar-refractivity contribution in [2.24, 2.45) is 7.05 Å². The molecule has 7 heteroatoms. The summed E-state index contributed by atoms with van der Waals surface area (Å²) in [7, 11) is 1.80. The lowest BCUT2D eigenvalue weighted by Crippen LogP contribution is -2.46. The molecule has 6 nitrogen and oxygen atoms in total. The molecular weight excluding hydrogens is 434 g/mol. The second kappa shape index (κ2) is 9.49. The summed E-state index contributed by atoms with van der Waals surface area (Å²) < 4.78 is 1.66. The highest BCUT2D eigenvalue weighted by Crippen LogP contribution is 2.20. The van der Waals surface area contributed by atoms with Gasteiger partial charge in [0, 0.05) is 50.1 Å². The minimum atomic E-state index is -0.0316. The third-order valence-electron chi connectivity index (χ3n) is 6.54. The van der Waals surface area contributed by atoms with E-state index in [0.717, 1.165) is 74.7 Å². The van der Waals surface area contributed by atoms with Crippen molar-refractivity contribution in [1.82, 2.24) is 19.4 Å². The van der Waals surface area contributed by atoms with E-state index in [1.807, 2.05) is 18.2 Å². The number of hydrogen-bond donors (Lipinski definition) is 0. The quantitative estimate of drug-likeness (QED) is 0.401. The number of fused-ring (bicyclic) bond motifs is 2. The molecule has 2 aromatic heterocycles. The predicted octanol–water partition coefficient (Wildman–Crippen LogP) is 4.28. The molecule has 1 fully saturated rings. The van der Waals surface area contributed by atoms with Crippen LogP contribution >= 0.6 is 11.6 Å². The third-order valence-corrected chi connectivity index (χ3v) is 6.77. The van der Waals surface area contributed by atoms with Gasteiger partial charge in [0.05, 0.1) is 16.4 Å². The summed E-state index contributed by atoms with van der Waals surface area (Å²) in [6.07, 6.45) is 2.89. The van der Waals surface area contributed by atoms with Crippen molar-refractivity contribution in [3.63, 3.8) is 0 Å². The number of benzene rings is 2. The van der Waals surface area contributed by atoms with Gasteiger partial charge in [-0.1, -0.05) is 29.8 Å². The summed E-state index contributed by atoms with van der Waals surface area (Å²) in [6, 6.07) is 17.9. The molecule has 5 rings (SSSR count). The van der Waals surface area contributed by atoms with Crippen LogP contribution in [0.5, 0.6) is 0 Å². The number of aromatic nitrogens is 3.